The molecule has 0 aromatic carbocycles. The number of hydrogen-bond donors (Lipinski definition) is 1. The van der Waals surface area contributed by atoms with Gasteiger partial charge in [-0.3, -0.25) is 0 Å². The fourth-order valence-corrected chi connectivity index (χ4v) is 3.67. The molecule has 1 saturated heterocycles. The van der Waals surface area contributed by atoms with E-state index in [2.05, 4.69) is 34.5 Å². The van der Waals surface area contributed by atoms with E-state index in [1.54, 1.807) is 17.7 Å². The standard InChI is InChI=1S/C14H19N3OS/c1-3-11-10(4-5-18-11)6-15-14-13-12(16-8-17-14)9(2)7-19-13/h7-8,10-11H,3-6H2,1-2H3,(H,15,16,17). The Bertz CT molecular complexity index is 569. The van der Waals surface area contributed by atoms with Gasteiger partial charge in [-0.05, 0) is 30.7 Å². The van der Waals surface area contributed by atoms with Crippen molar-refractivity contribution in [3.63, 3.8) is 0 Å². The average Bonchev–Trinajstić information content (AvgIpc) is 3.03. The minimum Gasteiger partial charge on any atom is -0.378 e. The van der Waals surface area contributed by atoms with Gasteiger partial charge in [0.2, 0.25) is 0 Å². The van der Waals surface area contributed by atoms with Crippen LogP contribution < -0.4 is 5.32 Å². The molecule has 0 radical (unpaired) electrons. The van der Waals surface area contributed by atoms with Crippen LogP contribution in [0, 0.1) is 12.8 Å². The molecule has 1 fully saturated rings. The minimum absolute atomic E-state index is 0.398. The van der Waals surface area contributed by atoms with E-state index in [4.69, 9.17) is 4.74 Å². The maximum atomic E-state index is 5.72. The number of rotatable bonds is 4. The van der Waals surface area contributed by atoms with Gasteiger partial charge >= 0.3 is 0 Å². The molecule has 1 aliphatic rings. The summed E-state index contributed by atoms with van der Waals surface area (Å²) >= 11 is 1.71. The number of ether oxygens (including phenoxy) is 1. The molecule has 2 aromatic heterocycles. The lowest BCUT2D eigenvalue weighted by atomic mass is 10.00. The summed E-state index contributed by atoms with van der Waals surface area (Å²) in [5.74, 6) is 1.56. The number of hydrogen-bond acceptors (Lipinski definition) is 5. The Labute approximate surface area is 117 Å². The third kappa shape index (κ3) is 2.44. The molecule has 2 aromatic rings. The van der Waals surface area contributed by atoms with E-state index in [9.17, 15) is 0 Å². The quantitative estimate of drug-likeness (QED) is 0.932. The summed E-state index contributed by atoms with van der Waals surface area (Å²) in [6.45, 7) is 6.10. The van der Waals surface area contributed by atoms with E-state index >= 15 is 0 Å². The van der Waals surface area contributed by atoms with Crippen LogP contribution in [-0.2, 0) is 4.74 Å². The zero-order chi connectivity index (χ0) is 13.2. The molecular weight excluding hydrogens is 258 g/mol. The molecule has 19 heavy (non-hydrogen) atoms. The second kappa shape index (κ2) is 5.43. The van der Waals surface area contributed by atoms with E-state index in [-0.39, 0.29) is 0 Å². The molecule has 0 aliphatic carbocycles. The van der Waals surface area contributed by atoms with Gasteiger partial charge in [0.05, 0.1) is 16.3 Å². The van der Waals surface area contributed by atoms with Crippen LogP contribution in [0.4, 0.5) is 5.82 Å². The molecule has 1 N–H and O–H groups in total. The molecule has 0 amide bonds. The van der Waals surface area contributed by atoms with E-state index in [0.29, 0.717) is 12.0 Å². The highest BCUT2D eigenvalue weighted by Gasteiger charge is 2.26. The summed E-state index contributed by atoms with van der Waals surface area (Å²) in [4.78, 5) is 8.73. The Hall–Kier alpha value is -1.20. The van der Waals surface area contributed by atoms with Crippen molar-refractivity contribution >= 4 is 27.4 Å². The van der Waals surface area contributed by atoms with Gasteiger partial charge in [-0.25, -0.2) is 9.97 Å². The smallest absolute Gasteiger partial charge is 0.147 e. The Kier molecular flexibility index (Phi) is 3.66. The summed E-state index contributed by atoms with van der Waals surface area (Å²) in [5.41, 5.74) is 2.29. The molecule has 4 nitrogen and oxygen atoms in total. The van der Waals surface area contributed by atoms with Crippen molar-refractivity contribution in [2.45, 2.75) is 32.8 Å². The van der Waals surface area contributed by atoms with Gasteiger partial charge in [-0.1, -0.05) is 6.92 Å². The van der Waals surface area contributed by atoms with Gasteiger partial charge in [0, 0.05) is 19.1 Å². The lowest BCUT2D eigenvalue weighted by Gasteiger charge is -2.17. The molecule has 102 valence electrons. The fraction of sp³-hybridized carbons (Fsp3) is 0.571. The number of aryl methyl sites for hydroxylation is 1. The fourth-order valence-electron chi connectivity index (χ4n) is 2.70. The number of anilines is 1. The van der Waals surface area contributed by atoms with Crippen LogP contribution in [-0.4, -0.2) is 29.2 Å². The molecule has 3 rings (SSSR count). The van der Waals surface area contributed by atoms with E-state index in [1.807, 2.05) is 0 Å². The molecular formula is C14H19N3OS. The largest absolute Gasteiger partial charge is 0.378 e. The maximum Gasteiger partial charge on any atom is 0.147 e. The number of nitrogens with one attached hydrogen (secondary N) is 1. The Morgan fingerprint density at radius 3 is 3.21 bits per heavy atom. The first-order valence-electron chi connectivity index (χ1n) is 6.84. The van der Waals surface area contributed by atoms with Crippen molar-refractivity contribution in [3.05, 3.63) is 17.3 Å². The second-order valence-electron chi connectivity index (χ2n) is 5.07. The predicted molar refractivity (Wildman–Crippen MR) is 78.8 cm³/mol. The first-order chi connectivity index (χ1) is 9.29. The number of aromatic nitrogens is 2. The van der Waals surface area contributed by atoms with Crippen LogP contribution in [0.25, 0.3) is 10.2 Å². The second-order valence-corrected chi connectivity index (χ2v) is 5.95. The number of nitrogens with zero attached hydrogens (tertiary/aromatic N) is 2. The summed E-state index contributed by atoms with van der Waals surface area (Å²) in [5, 5.41) is 5.62. The molecule has 0 bridgehead atoms. The molecule has 5 heteroatoms. The van der Waals surface area contributed by atoms with Gasteiger partial charge in [-0.15, -0.1) is 11.3 Å². The zero-order valence-corrected chi connectivity index (χ0v) is 12.2. The van der Waals surface area contributed by atoms with Crippen LogP contribution in [0.2, 0.25) is 0 Å². The van der Waals surface area contributed by atoms with Crippen molar-refractivity contribution in [3.8, 4) is 0 Å². The normalized spacial score (nSPS) is 23.1. The first-order valence-corrected chi connectivity index (χ1v) is 7.71. The Morgan fingerprint density at radius 1 is 1.47 bits per heavy atom. The van der Waals surface area contributed by atoms with Crippen molar-refractivity contribution in [1.29, 1.82) is 0 Å². The van der Waals surface area contributed by atoms with Crippen LogP contribution in [0.5, 0.6) is 0 Å². The van der Waals surface area contributed by atoms with Gasteiger partial charge in [0.25, 0.3) is 0 Å². The van der Waals surface area contributed by atoms with Crippen molar-refractivity contribution < 1.29 is 4.74 Å². The zero-order valence-electron chi connectivity index (χ0n) is 11.3. The third-order valence-corrected chi connectivity index (χ3v) is 4.91. The Balaban J connectivity index is 1.75. The molecule has 2 atom stereocenters. The van der Waals surface area contributed by atoms with E-state index in [1.165, 1.54) is 5.56 Å². The lowest BCUT2D eigenvalue weighted by Crippen LogP contribution is -2.23. The number of fused-ring (bicyclic) bond motifs is 1. The molecule has 0 spiro atoms. The van der Waals surface area contributed by atoms with Gasteiger partial charge in [-0.2, -0.15) is 0 Å². The predicted octanol–water partition coefficient (Wildman–Crippen LogP) is 3.23. The van der Waals surface area contributed by atoms with Crippen molar-refractivity contribution in [1.82, 2.24) is 9.97 Å². The van der Waals surface area contributed by atoms with Gasteiger partial charge < -0.3 is 10.1 Å². The highest BCUT2D eigenvalue weighted by atomic mass is 32.1. The monoisotopic (exact) mass is 277 g/mol. The van der Waals surface area contributed by atoms with Crippen LogP contribution in [0.1, 0.15) is 25.3 Å². The SMILES string of the molecule is CCC1OCCC1CNc1ncnc2c(C)csc12. The average molecular weight is 277 g/mol. The van der Waals surface area contributed by atoms with Crippen LogP contribution in [0.3, 0.4) is 0 Å². The van der Waals surface area contributed by atoms with Gasteiger partial charge in [0.1, 0.15) is 12.1 Å². The number of thiophene rings is 1. The first kappa shape index (κ1) is 12.8. The molecule has 3 heterocycles. The summed E-state index contributed by atoms with van der Waals surface area (Å²) in [7, 11) is 0. The van der Waals surface area contributed by atoms with E-state index in [0.717, 1.165) is 42.0 Å². The van der Waals surface area contributed by atoms with Crippen LogP contribution in [0.15, 0.2) is 11.7 Å². The summed E-state index contributed by atoms with van der Waals surface area (Å²) in [6, 6.07) is 0. The third-order valence-electron chi connectivity index (χ3n) is 3.81. The molecule has 1 aliphatic heterocycles. The Morgan fingerprint density at radius 2 is 2.37 bits per heavy atom. The van der Waals surface area contributed by atoms with Crippen LogP contribution >= 0.6 is 11.3 Å². The van der Waals surface area contributed by atoms with Gasteiger partial charge in [0.15, 0.2) is 0 Å². The molecule has 0 saturated carbocycles. The van der Waals surface area contributed by atoms with E-state index < -0.39 is 0 Å². The van der Waals surface area contributed by atoms with Crippen molar-refractivity contribution in [2.24, 2.45) is 5.92 Å². The lowest BCUT2D eigenvalue weighted by molar-refractivity contribution is 0.0900. The highest BCUT2D eigenvalue weighted by molar-refractivity contribution is 7.18. The maximum absolute atomic E-state index is 5.72. The summed E-state index contributed by atoms with van der Waals surface area (Å²) in [6.07, 6.45) is 4.27. The summed E-state index contributed by atoms with van der Waals surface area (Å²) < 4.78 is 6.88. The highest BCUT2D eigenvalue weighted by Crippen LogP contribution is 2.29. The van der Waals surface area contributed by atoms with Crippen molar-refractivity contribution in [2.75, 3.05) is 18.5 Å². The topological polar surface area (TPSA) is 47.0 Å². The molecule has 2 unspecified atom stereocenters. The minimum atomic E-state index is 0.398.